The first-order valence-electron chi connectivity index (χ1n) is 6.81. The Labute approximate surface area is 123 Å². The van der Waals surface area contributed by atoms with Gasteiger partial charge in [-0.1, -0.05) is 30.9 Å². The number of benzene rings is 1. The van der Waals surface area contributed by atoms with Crippen LogP contribution in [-0.2, 0) is 9.59 Å². The minimum absolute atomic E-state index is 0.0327. The van der Waals surface area contributed by atoms with E-state index in [0.717, 1.165) is 19.3 Å². The van der Waals surface area contributed by atoms with Gasteiger partial charge in [-0.2, -0.15) is 0 Å². The van der Waals surface area contributed by atoms with Crippen LogP contribution in [0.15, 0.2) is 24.3 Å². The number of nitrogens with one attached hydrogen (secondary N) is 1. The zero-order chi connectivity index (χ0) is 14.6. The van der Waals surface area contributed by atoms with Gasteiger partial charge in [-0.3, -0.25) is 9.59 Å². The molecular formula is C15H18ClNO3. The van der Waals surface area contributed by atoms with Crippen LogP contribution >= 0.6 is 11.6 Å². The number of carbonyl (C=O) groups excluding carboxylic acids is 1. The monoisotopic (exact) mass is 295 g/mol. The molecule has 2 N–H and O–H groups in total. The summed E-state index contributed by atoms with van der Waals surface area (Å²) in [7, 11) is 0. The number of anilines is 1. The average molecular weight is 296 g/mol. The number of hydrogen-bond donors (Lipinski definition) is 2. The number of carboxylic acid groups (broad SMARTS) is 1. The molecule has 1 aliphatic rings. The predicted octanol–water partition coefficient (Wildman–Crippen LogP) is 3.70. The number of hydrogen-bond acceptors (Lipinski definition) is 2. The molecule has 0 bridgehead atoms. The first-order valence-corrected chi connectivity index (χ1v) is 7.18. The molecule has 20 heavy (non-hydrogen) atoms. The highest BCUT2D eigenvalue weighted by molar-refractivity contribution is 6.30. The second-order valence-corrected chi connectivity index (χ2v) is 5.81. The number of aliphatic carboxylic acids is 1. The molecule has 0 aliphatic heterocycles. The van der Waals surface area contributed by atoms with Crippen LogP contribution in [0.2, 0.25) is 5.02 Å². The van der Waals surface area contributed by atoms with Crippen molar-refractivity contribution in [3.8, 4) is 0 Å². The number of halogens is 1. The molecule has 0 spiro atoms. The van der Waals surface area contributed by atoms with Crippen molar-refractivity contribution in [3.63, 3.8) is 0 Å². The molecule has 0 atom stereocenters. The van der Waals surface area contributed by atoms with Crippen LogP contribution in [0.1, 0.15) is 38.5 Å². The van der Waals surface area contributed by atoms with Crippen molar-refractivity contribution in [1.82, 2.24) is 0 Å². The Bertz CT molecular complexity index is 492. The Morgan fingerprint density at radius 1 is 1.15 bits per heavy atom. The molecule has 1 aromatic carbocycles. The van der Waals surface area contributed by atoms with Crippen molar-refractivity contribution in [1.29, 1.82) is 0 Å². The number of carbonyl (C=O) groups is 2. The molecular weight excluding hydrogens is 278 g/mol. The van der Waals surface area contributed by atoms with Gasteiger partial charge >= 0.3 is 5.97 Å². The quantitative estimate of drug-likeness (QED) is 0.890. The van der Waals surface area contributed by atoms with Gasteiger partial charge in [0.2, 0.25) is 5.91 Å². The molecule has 1 amide bonds. The maximum atomic E-state index is 12.1. The molecule has 0 radical (unpaired) electrons. The molecule has 0 unspecified atom stereocenters. The molecule has 2 rings (SSSR count). The summed E-state index contributed by atoms with van der Waals surface area (Å²) in [5, 5.41) is 12.8. The van der Waals surface area contributed by atoms with Gasteiger partial charge in [0.15, 0.2) is 0 Å². The summed E-state index contributed by atoms with van der Waals surface area (Å²) < 4.78 is 0. The van der Waals surface area contributed by atoms with E-state index in [1.165, 1.54) is 0 Å². The van der Waals surface area contributed by atoms with Crippen LogP contribution in [0.5, 0.6) is 0 Å². The second kappa shape index (κ2) is 6.27. The van der Waals surface area contributed by atoms with Crippen LogP contribution in [0.4, 0.5) is 5.69 Å². The summed E-state index contributed by atoms with van der Waals surface area (Å²) in [6.07, 6.45) is 3.99. The normalized spacial score (nSPS) is 17.4. The van der Waals surface area contributed by atoms with Gasteiger partial charge in [-0.05, 0) is 37.1 Å². The van der Waals surface area contributed by atoms with Gasteiger partial charge in [0.05, 0.1) is 5.41 Å². The summed E-state index contributed by atoms with van der Waals surface area (Å²) >= 11 is 5.78. The highest BCUT2D eigenvalue weighted by atomic mass is 35.5. The molecule has 0 saturated heterocycles. The van der Waals surface area contributed by atoms with Crippen LogP contribution in [0.3, 0.4) is 0 Å². The first-order chi connectivity index (χ1) is 9.52. The smallest absolute Gasteiger partial charge is 0.310 e. The zero-order valence-electron chi connectivity index (χ0n) is 11.2. The van der Waals surface area contributed by atoms with Crippen LogP contribution in [0.25, 0.3) is 0 Å². The summed E-state index contributed by atoms with van der Waals surface area (Å²) in [5.41, 5.74) is -0.259. The van der Waals surface area contributed by atoms with Crippen molar-refractivity contribution in [2.45, 2.75) is 38.5 Å². The third-order valence-corrected chi connectivity index (χ3v) is 4.14. The maximum absolute atomic E-state index is 12.1. The Kier molecular flexibility index (Phi) is 4.65. The number of rotatable bonds is 4. The topological polar surface area (TPSA) is 66.4 Å². The lowest BCUT2D eigenvalue weighted by Crippen LogP contribution is -2.37. The molecule has 1 fully saturated rings. The van der Waals surface area contributed by atoms with E-state index in [-0.39, 0.29) is 12.3 Å². The largest absolute Gasteiger partial charge is 0.481 e. The lowest BCUT2D eigenvalue weighted by atomic mass is 9.71. The third kappa shape index (κ3) is 3.51. The van der Waals surface area contributed by atoms with Gasteiger partial charge in [0, 0.05) is 17.1 Å². The molecule has 1 aliphatic carbocycles. The molecule has 0 heterocycles. The number of carboxylic acids is 1. The van der Waals surface area contributed by atoms with Crippen molar-refractivity contribution >= 4 is 29.2 Å². The van der Waals surface area contributed by atoms with E-state index in [1.807, 2.05) is 0 Å². The Morgan fingerprint density at radius 3 is 2.30 bits per heavy atom. The fourth-order valence-electron chi connectivity index (χ4n) is 2.74. The Morgan fingerprint density at radius 2 is 1.75 bits per heavy atom. The molecule has 108 valence electrons. The average Bonchev–Trinajstić information content (AvgIpc) is 2.42. The lowest BCUT2D eigenvalue weighted by molar-refractivity contribution is -0.153. The van der Waals surface area contributed by atoms with E-state index < -0.39 is 11.4 Å². The molecule has 5 heteroatoms. The highest BCUT2D eigenvalue weighted by Gasteiger charge is 2.41. The summed E-state index contributed by atoms with van der Waals surface area (Å²) in [4.78, 5) is 23.6. The standard InChI is InChI=1S/C15H18ClNO3/c16-11-4-6-12(7-5-11)17-13(18)10-15(14(19)20)8-2-1-3-9-15/h4-7H,1-3,8-10H2,(H,17,18)(H,19,20). The second-order valence-electron chi connectivity index (χ2n) is 5.38. The van der Waals surface area contributed by atoms with E-state index in [0.29, 0.717) is 23.6 Å². The van der Waals surface area contributed by atoms with Crippen molar-refractivity contribution in [2.24, 2.45) is 5.41 Å². The fraction of sp³-hybridized carbons (Fsp3) is 0.467. The molecule has 1 saturated carbocycles. The van der Waals surface area contributed by atoms with Crippen LogP contribution < -0.4 is 5.32 Å². The van der Waals surface area contributed by atoms with Crippen LogP contribution in [0, 0.1) is 5.41 Å². The van der Waals surface area contributed by atoms with E-state index in [4.69, 9.17) is 11.6 Å². The Hall–Kier alpha value is -1.55. The van der Waals surface area contributed by atoms with Crippen LogP contribution in [-0.4, -0.2) is 17.0 Å². The Balaban J connectivity index is 2.01. The maximum Gasteiger partial charge on any atom is 0.310 e. The molecule has 4 nitrogen and oxygen atoms in total. The van der Waals surface area contributed by atoms with Crippen molar-refractivity contribution < 1.29 is 14.7 Å². The summed E-state index contributed by atoms with van der Waals surface area (Å²) in [5.74, 6) is -1.11. The van der Waals surface area contributed by atoms with Gasteiger partial charge in [0.25, 0.3) is 0 Å². The minimum Gasteiger partial charge on any atom is -0.481 e. The van der Waals surface area contributed by atoms with E-state index in [2.05, 4.69) is 5.32 Å². The van der Waals surface area contributed by atoms with Gasteiger partial charge < -0.3 is 10.4 Å². The van der Waals surface area contributed by atoms with E-state index >= 15 is 0 Å². The minimum atomic E-state index is -0.894. The molecule has 1 aromatic rings. The van der Waals surface area contributed by atoms with E-state index in [1.54, 1.807) is 24.3 Å². The molecule has 0 aromatic heterocycles. The summed E-state index contributed by atoms with van der Waals surface area (Å²) in [6.45, 7) is 0. The van der Waals surface area contributed by atoms with Gasteiger partial charge in [-0.15, -0.1) is 0 Å². The third-order valence-electron chi connectivity index (χ3n) is 3.89. The zero-order valence-corrected chi connectivity index (χ0v) is 11.9. The summed E-state index contributed by atoms with van der Waals surface area (Å²) in [6, 6.07) is 6.78. The highest BCUT2D eigenvalue weighted by Crippen LogP contribution is 2.39. The van der Waals surface area contributed by atoms with Gasteiger partial charge in [-0.25, -0.2) is 0 Å². The number of amides is 1. The van der Waals surface area contributed by atoms with Crippen molar-refractivity contribution in [2.75, 3.05) is 5.32 Å². The van der Waals surface area contributed by atoms with Gasteiger partial charge in [0.1, 0.15) is 0 Å². The fourth-order valence-corrected chi connectivity index (χ4v) is 2.87. The first kappa shape index (κ1) is 14.9. The predicted molar refractivity (Wildman–Crippen MR) is 77.9 cm³/mol. The SMILES string of the molecule is O=C(CC1(C(=O)O)CCCCC1)Nc1ccc(Cl)cc1. The lowest BCUT2D eigenvalue weighted by Gasteiger charge is -2.32. The van der Waals surface area contributed by atoms with Crippen molar-refractivity contribution in [3.05, 3.63) is 29.3 Å². The van der Waals surface area contributed by atoms with E-state index in [9.17, 15) is 14.7 Å².